The van der Waals surface area contributed by atoms with Crippen molar-refractivity contribution in [2.24, 2.45) is 5.14 Å². The van der Waals surface area contributed by atoms with Crippen molar-refractivity contribution in [3.8, 4) is 11.6 Å². The van der Waals surface area contributed by atoms with Crippen LogP contribution in [-0.4, -0.2) is 15.1 Å². The maximum Gasteiger partial charge on any atom is 0.261 e. The number of nitrogens with two attached hydrogens (primary N) is 1. The summed E-state index contributed by atoms with van der Waals surface area (Å²) in [5.74, 6) is 0.293. The minimum Gasteiger partial charge on any atom is -0.438 e. The van der Waals surface area contributed by atoms with Gasteiger partial charge in [0.25, 0.3) is 5.91 Å². The molecule has 4 aromatic rings. The summed E-state index contributed by atoms with van der Waals surface area (Å²) in [6.07, 6.45) is 0. The zero-order valence-corrected chi connectivity index (χ0v) is 18.0. The van der Waals surface area contributed by atoms with Crippen LogP contribution in [0.4, 0.5) is 5.69 Å². The lowest BCUT2D eigenvalue weighted by Gasteiger charge is -2.14. The van der Waals surface area contributed by atoms with E-state index in [2.05, 4.69) is 10.3 Å². The topological polar surface area (TPSA) is 94.3 Å². The number of rotatable bonds is 5. The molecule has 0 saturated heterocycles. The molecule has 0 aliphatic carbocycles. The molecule has 6 nitrogen and oxygen atoms in total. The third-order valence-corrected chi connectivity index (χ3v) is 5.56. The SMILES string of the molecule is Cc1cc(Cl)ccc1Oc1nc2ccccc2cc1C(=O)Nc1cccc(S(N)=O)c1. The van der Waals surface area contributed by atoms with Crippen molar-refractivity contribution >= 4 is 45.1 Å². The number of benzene rings is 3. The van der Waals surface area contributed by atoms with Crippen LogP contribution < -0.4 is 15.2 Å². The number of amides is 1. The average Bonchev–Trinajstić information content (AvgIpc) is 2.75. The fourth-order valence-electron chi connectivity index (χ4n) is 3.07. The molecule has 3 N–H and O–H groups in total. The molecule has 8 heteroatoms. The molecule has 3 aromatic carbocycles. The van der Waals surface area contributed by atoms with E-state index in [-0.39, 0.29) is 11.4 Å². The predicted octanol–water partition coefficient (Wildman–Crippen LogP) is 5.22. The zero-order chi connectivity index (χ0) is 22.0. The van der Waals surface area contributed by atoms with E-state index in [1.165, 1.54) is 0 Å². The van der Waals surface area contributed by atoms with E-state index in [0.717, 1.165) is 10.9 Å². The van der Waals surface area contributed by atoms with Crippen LogP contribution in [0.25, 0.3) is 10.9 Å². The summed E-state index contributed by atoms with van der Waals surface area (Å²) in [5.41, 5.74) is 2.23. The normalized spacial score (nSPS) is 11.8. The molecule has 1 amide bonds. The number of hydrogen-bond acceptors (Lipinski definition) is 4. The van der Waals surface area contributed by atoms with Crippen LogP contribution in [0.3, 0.4) is 0 Å². The quantitative estimate of drug-likeness (QED) is 0.434. The Bertz CT molecular complexity index is 1330. The Morgan fingerprint density at radius 3 is 2.65 bits per heavy atom. The summed E-state index contributed by atoms with van der Waals surface area (Å²) in [5, 5.41) is 9.62. The predicted molar refractivity (Wildman–Crippen MR) is 123 cm³/mol. The maximum absolute atomic E-state index is 13.1. The van der Waals surface area contributed by atoms with Gasteiger partial charge in [-0.3, -0.25) is 4.79 Å². The molecule has 0 radical (unpaired) electrons. The number of nitrogens with zero attached hydrogens (tertiary/aromatic N) is 1. The van der Waals surface area contributed by atoms with Crippen LogP contribution in [0.15, 0.2) is 77.7 Å². The zero-order valence-electron chi connectivity index (χ0n) is 16.5. The number of pyridine rings is 1. The third kappa shape index (κ3) is 4.74. The van der Waals surface area contributed by atoms with Crippen LogP contribution >= 0.6 is 11.6 Å². The second kappa shape index (κ2) is 8.85. The number of halogens is 1. The van der Waals surface area contributed by atoms with E-state index in [0.29, 0.717) is 26.9 Å². The van der Waals surface area contributed by atoms with Crippen LogP contribution in [-0.2, 0) is 11.0 Å². The molecule has 0 saturated carbocycles. The molecule has 31 heavy (non-hydrogen) atoms. The molecule has 1 heterocycles. The van der Waals surface area contributed by atoms with Gasteiger partial charge in [0.05, 0.1) is 10.4 Å². The van der Waals surface area contributed by atoms with Crippen LogP contribution in [0.2, 0.25) is 5.02 Å². The second-order valence-electron chi connectivity index (χ2n) is 6.83. The van der Waals surface area contributed by atoms with Gasteiger partial charge in [-0.2, -0.15) is 0 Å². The number of aromatic nitrogens is 1. The summed E-state index contributed by atoms with van der Waals surface area (Å²) in [6, 6.07) is 20.9. The maximum atomic E-state index is 13.1. The van der Waals surface area contributed by atoms with Crippen LogP contribution in [0, 0.1) is 6.92 Å². The summed E-state index contributed by atoms with van der Waals surface area (Å²) >= 11 is 6.04. The first-order valence-electron chi connectivity index (χ1n) is 9.32. The Morgan fingerprint density at radius 1 is 1.06 bits per heavy atom. The fourth-order valence-corrected chi connectivity index (χ4v) is 3.75. The number of nitrogens with one attached hydrogen (secondary N) is 1. The van der Waals surface area contributed by atoms with Gasteiger partial charge < -0.3 is 10.1 Å². The van der Waals surface area contributed by atoms with E-state index in [4.69, 9.17) is 21.5 Å². The first-order chi connectivity index (χ1) is 14.9. The summed E-state index contributed by atoms with van der Waals surface area (Å²) < 4.78 is 17.6. The van der Waals surface area contributed by atoms with Gasteiger partial charge in [0, 0.05) is 16.1 Å². The highest BCUT2D eigenvalue weighted by Crippen LogP contribution is 2.31. The Labute approximate surface area is 186 Å². The molecule has 0 aliphatic rings. The number of carbonyl (C=O) groups is 1. The van der Waals surface area contributed by atoms with Crippen molar-refractivity contribution in [3.63, 3.8) is 0 Å². The van der Waals surface area contributed by atoms with Crippen molar-refractivity contribution < 1.29 is 13.7 Å². The monoisotopic (exact) mass is 451 g/mol. The van der Waals surface area contributed by atoms with E-state index >= 15 is 0 Å². The van der Waals surface area contributed by atoms with Crippen LogP contribution in [0.1, 0.15) is 15.9 Å². The Morgan fingerprint density at radius 2 is 1.87 bits per heavy atom. The molecule has 0 bridgehead atoms. The first kappa shape index (κ1) is 21.0. The van der Waals surface area contributed by atoms with Crippen molar-refractivity contribution in [2.45, 2.75) is 11.8 Å². The van der Waals surface area contributed by atoms with E-state index in [1.54, 1.807) is 48.5 Å². The van der Waals surface area contributed by atoms with Gasteiger partial charge in [-0.25, -0.2) is 14.3 Å². The largest absolute Gasteiger partial charge is 0.438 e. The highest BCUT2D eigenvalue weighted by molar-refractivity contribution is 7.82. The highest BCUT2D eigenvalue weighted by Gasteiger charge is 2.18. The van der Waals surface area contributed by atoms with Crippen molar-refractivity contribution in [1.29, 1.82) is 0 Å². The van der Waals surface area contributed by atoms with Gasteiger partial charge in [0.2, 0.25) is 5.88 Å². The van der Waals surface area contributed by atoms with Gasteiger partial charge in [-0.05, 0) is 61.0 Å². The molecule has 0 fully saturated rings. The highest BCUT2D eigenvalue weighted by atomic mass is 35.5. The van der Waals surface area contributed by atoms with Crippen LogP contribution in [0.5, 0.6) is 11.6 Å². The van der Waals surface area contributed by atoms with Crippen molar-refractivity contribution in [3.05, 3.63) is 88.9 Å². The van der Waals surface area contributed by atoms with Gasteiger partial charge >= 0.3 is 0 Å². The first-order valence-corrected chi connectivity index (χ1v) is 10.9. The number of anilines is 1. The van der Waals surface area contributed by atoms with E-state index in [1.807, 2.05) is 31.2 Å². The molecule has 1 atom stereocenters. The Balaban J connectivity index is 1.74. The Hall–Kier alpha value is -3.26. The fraction of sp³-hybridized carbons (Fsp3) is 0.0435. The Kier molecular flexibility index (Phi) is 5.99. The number of fused-ring (bicyclic) bond motifs is 1. The smallest absolute Gasteiger partial charge is 0.261 e. The minimum atomic E-state index is -1.65. The molecule has 156 valence electrons. The van der Waals surface area contributed by atoms with Gasteiger partial charge in [-0.15, -0.1) is 0 Å². The molecular weight excluding hydrogens is 434 g/mol. The molecule has 1 aromatic heterocycles. The molecule has 4 rings (SSSR count). The lowest BCUT2D eigenvalue weighted by molar-refractivity contribution is 0.102. The standard InChI is InChI=1S/C23H18ClN3O3S/c1-14-11-16(24)9-10-21(14)30-23-19(12-15-5-2-3-8-20(15)27-23)22(28)26-17-6-4-7-18(13-17)31(25)29/h2-13H,25H2,1H3,(H,26,28). The lowest BCUT2D eigenvalue weighted by atomic mass is 10.1. The molecule has 0 aliphatic heterocycles. The van der Waals surface area contributed by atoms with Crippen molar-refractivity contribution in [1.82, 2.24) is 4.98 Å². The average molecular weight is 452 g/mol. The van der Waals surface area contributed by atoms with E-state index in [9.17, 15) is 9.00 Å². The van der Waals surface area contributed by atoms with E-state index < -0.39 is 16.9 Å². The summed E-state index contributed by atoms with van der Waals surface area (Å²) in [4.78, 5) is 18.1. The van der Waals surface area contributed by atoms with Gasteiger partial charge in [-0.1, -0.05) is 35.9 Å². The summed E-state index contributed by atoms with van der Waals surface area (Å²) in [7, 11) is -1.65. The van der Waals surface area contributed by atoms with Gasteiger partial charge in [0.1, 0.15) is 22.3 Å². The minimum absolute atomic E-state index is 0.167. The van der Waals surface area contributed by atoms with Gasteiger partial charge in [0.15, 0.2) is 0 Å². The number of hydrogen-bond donors (Lipinski definition) is 2. The number of aryl methyl sites for hydroxylation is 1. The summed E-state index contributed by atoms with van der Waals surface area (Å²) in [6.45, 7) is 1.86. The molecule has 0 spiro atoms. The number of para-hydroxylation sites is 1. The third-order valence-electron chi connectivity index (χ3n) is 4.60. The lowest BCUT2D eigenvalue weighted by Crippen LogP contribution is -2.14. The number of ether oxygens (including phenoxy) is 1. The second-order valence-corrected chi connectivity index (χ2v) is 8.33. The molecular formula is C23H18ClN3O3S. The molecule has 1 unspecified atom stereocenters. The number of carbonyl (C=O) groups excluding carboxylic acids is 1. The van der Waals surface area contributed by atoms with Crippen molar-refractivity contribution in [2.75, 3.05) is 5.32 Å².